The molecule has 1 aromatic rings. The fraction of sp³-hybridized carbons (Fsp3) is 0.417. The molecule has 0 amide bonds. The number of hydrogen-bond donors (Lipinski definition) is 0. The lowest BCUT2D eigenvalue weighted by Gasteiger charge is -2.11. The van der Waals surface area contributed by atoms with Crippen molar-refractivity contribution in [2.45, 2.75) is 12.3 Å². The van der Waals surface area contributed by atoms with Crippen LogP contribution < -0.4 is 9.47 Å². The van der Waals surface area contributed by atoms with Gasteiger partial charge >= 0.3 is 5.97 Å². The molecule has 0 radical (unpaired) electrons. The molecule has 1 unspecified atom stereocenters. The molecular formula is C12H14O4. The second-order valence-electron chi connectivity index (χ2n) is 3.70. The molecule has 1 heterocycles. The normalized spacial score (nSPS) is 19.4. The Balaban J connectivity index is 2.25. The second kappa shape index (κ2) is 4.43. The van der Waals surface area contributed by atoms with Crippen molar-refractivity contribution in [1.82, 2.24) is 0 Å². The van der Waals surface area contributed by atoms with Gasteiger partial charge in [0.05, 0.1) is 27.2 Å². The van der Waals surface area contributed by atoms with Gasteiger partial charge in [0.1, 0.15) is 0 Å². The Labute approximate surface area is 94.1 Å². The van der Waals surface area contributed by atoms with Crippen molar-refractivity contribution in [3.8, 4) is 11.5 Å². The summed E-state index contributed by atoms with van der Waals surface area (Å²) in [4.78, 5) is 11.0. The van der Waals surface area contributed by atoms with Crippen LogP contribution in [0.25, 0.3) is 0 Å². The maximum absolute atomic E-state index is 11.0. The fourth-order valence-electron chi connectivity index (χ4n) is 1.83. The third-order valence-corrected chi connectivity index (χ3v) is 2.74. The Hall–Kier alpha value is -1.71. The van der Waals surface area contributed by atoms with Crippen molar-refractivity contribution in [2.24, 2.45) is 0 Å². The van der Waals surface area contributed by atoms with Gasteiger partial charge in [-0.2, -0.15) is 0 Å². The Kier molecular flexibility index (Phi) is 2.99. The number of cyclic esters (lactones) is 1. The maximum Gasteiger partial charge on any atom is 0.306 e. The zero-order chi connectivity index (χ0) is 11.5. The van der Waals surface area contributed by atoms with Crippen molar-refractivity contribution in [3.05, 3.63) is 23.8 Å². The van der Waals surface area contributed by atoms with Gasteiger partial charge in [-0.25, -0.2) is 0 Å². The van der Waals surface area contributed by atoms with E-state index in [0.717, 1.165) is 5.56 Å². The molecule has 1 saturated heterocycles. The minimum absolute atomic E-state index is 0.132. The molecule has 4 nitrogen and oxygen atoms in total. The number of hydrogen-bond acceptors (Lipinski definition) is 4. The van der Waals surface area contributed by atoms with Gasteiger partial charge in [0.25, 0.3) is 0 Å². The number of ether oxygens (including phenoxy) is 3. The first-order chi connectivity index (χ1) is 7.74. The van der Waals surface area contributed by atoms with Crippen molar-refractivity contribution in [2.75, 3.05) is 20.8 Å². The largest absolute Gasteiger partial charge is 0.493 e. The maximum atomic E-state index is 11.0. The van der Waals surface area contributed by atoms with Gasteiger partial charge in [-0.05, 0) is 17.7 Å². The average Bonchev–Trinajstić information content (AvgIpc) is 2.75. The first kappa shape index (κ1) is 10.8. The molecule has 2 rings (SSSR count). The van der Waals surface area contributed by atoms with E-state index in [4.69, 9.17) is 14.2 Å². The molecule has 1 aliphatic heterocycles. The van der Waals surface area contributed by atoms with Gasteiger partial charge in [-0.3, -0.25) is 4.79 Å². The van der Waals surface area contributed by atoms with Crippen LogP contribution in [0.2, 0.25) is 0 Å². The van der Waals surface area contributed by atoms with E-state index in [-0.39, 0.29) is 11.9 Å². The van der Waals surface area contributed by atoms with Crippen molar-refractivity contribution < 1.29 is 19.0 Å². The molecule has 0 aromatic heterocycles. The van der Waals surface area contributed by atoms with Gasteiger partial charge < -0.3 is 14.2 Å². The van der Waals surface area contributed by atoms with Crippen molar-refractivity contribution >= 4 is 5.97 Å². The molecule has 0 spiro atoms. The topological polar surface area (TPSA) is 44.8 Å². The monoisotopic (exact) mass is 222 g/mol. The first-order valence-corrected chi connectivity index (χ1v) is 5.12. The van der Waals surface area contributed by atoms with E-state index in [0.29, 0.717) is 24.5 Å². The number of carbonyl (C=O) groups excluding carboxylic acids is 1. The van der Waals surface area contributed by atoms with Gasteiger partial charge in [-0.1, -0.05) is 6.07 Å². The number of rotatable bonds is 3. The molecule has 1 atom stereocenters. The molecule has 0 saturated carbocycles. The second-order valence-corrected chi connectivity index (χ2v) is 3.70. The highest BCUT2D eigenvalue weighted by Crippen LogP contribution is 2.33. The van der Waals surface area contributed by atoms with Crippen LogP contribution in [0.3, 0.4) is 0 Å². The van der Waals surface area contributed by atoms with Crippen LogP contribution in [0, 0.1) is 0 Å². The van der Waals surface area contributed by atoms with E-state index in [2.05, 4.69) is 0 Å². The third kappa shape index (κ3) is 1.96. The molecule has 0 aliphatic carbocycles. The third-order valence-electron chi connectivity index (χ3n) is 2.74. The van der Waals surface area contributed by atoms with E-state index in [1.165, 1.54) is 0 Å². The van der Waals surface area contributed by atoms with Crippen LogP contribution in [0.1, 0.15) is 17.9 Å². The highest BCUT2D eigenvalue weighted by Gasteiger charge is 2.25. The zero-order valence-corrected chi connectivity index (χ0v) is 9.36. The molecule has 1 fully saturated rings. The standard InChI is InChI=1S/C12H14O4/c1-14-10-4-3-8(5-11(10)15-2)9-6-12(13)16-7-9/h3-5,9H,6-7H2,1-2H3. The van der Waals surface area contributed by atoms with E-state index in [1.807, 2.05) is 18.2 Å². The molecule has 16 heavy (non-hydrogen) atoms. The van der Waals surface area contributed by atoms with Crippen LogP contribution in [-0.2, 0) is 9.53 Å². The lowest BCUT2D eigenvalue weighted by molar-refractivity contribution is -0.137. The number of carbonyl (C=O) groups is 1. The highest BCUT2D eigenvalue weighted by molar-refractivity contribution is 5.73. The highest BCUT2D eigenvalue weighted by atomic mass is 16.5. The molecule has 86 valence electrons. The zero-order valence-electron chi connectivity index (χ0n) is 9.36. The van der Waals surface area contributed by atoms with Gasteiger partial charge in [-0.15, -0.1) is 0 Å². The number of esters is 1. The Bertz CT molecular complexity index is 400. The first-order valence-electron chi connectivity index (χ1n) is 5.12. The molecule has 1 aliphatic rings. The predicted octanol–water partition coefficient (Wildman–Crippen LogP) is 1.73. The minimum Gasteiger partial charge on any atom is -0.493 e. The molecule has 4 heteroatoms. The summed E-state index contributed by atoms with van der Waals surface area (Å²) in [5.41, 5.74) is 1.04. The van der Waals surface area contributed by atoms with E-state index in [9.17, 15) is 4.79 Å². The summed E-state index contributed by atoms with van der Waals surface area (Å²) < 4.78 is 15.3. The van der Waals surface area contributed by atoms with Crippen LogP contribution in [0.15, 0.2) is 18.2 Å². The molecule has 0 N–H and O–H groups in total. The summed E-state index contributed by atoms with van der Waals surface area (Å²) in [5.74, 6) is 1.36. The summed E-state index contributed by atoms with van der Waals surface area (Å²) in [6, 6.07) is 5.68. The van der Waals surface area contributed by atoms with Crippen LogP contribution in [0.5, 0.6) is 11.5 Å². The Morgan fingerprint density at radius 1 is 1.25 bits per heavy atom. The Morgan fingerprint density at radius 3 is 2.56 bits per heavy atom. The van der Waals surface area contributed by atoms with E-state index < -0.39 is 0 Å². The van der Waals surface area contributed by atoms with E-state index in [1.54, 1.807) is 14.2 Å². The smallest absolute Gasteiger partial charge is 0.306 e. The van der Waals surface area contributed by atoms with Gasteiger partial charge in [0.15, 0.2) is 11.5 Å². The SMILES string of the molecule is COc1ccc(C2COC(=O)C2)cc1OC. The Morgan fingerprint density at radius 2 is 2.00 bits per heavy atom. The number of benzene rings is 1. The van der Waals surface area contributed by atoms with Crippen molar-refractivity contribution in [1.29, 1.82) is 0 Å². The summed E-state index contributed by atoms with van der Waals surface area (Å²) >= 11 is 0. The van der Waals surface area contributed by atoms with Gasteiger partial charge in [0.2, 0.25) is 0 Å². The summed E-state index contributed by atoms with van der Waals surface area (Å²) in [5, 5.41) is 0. The molecule has 0 bridgehead atoms. The summed E-state index contributed by atoms with van der Waals surface area (Å²) in [6.45, 7) is 0.453. The fourth-order valence-corrected chi connectivity index (χ4v) is 1.83. The van der Waals surface area contributed by atoms with E-state index >= 15 is 0 Å². The van der Waals surface area contributed by atoms with Gasteiger partial charge in [0, 0.05) is 5.92 Å². The van der Waals surface area contributed by atoms with Crippen LogP contribution in [-0.4, -0.2) is 26.8 Å². The summed E-state index contributed by atoms with van der Waals surface area (Å²) in [7, 11) is 3.19. The quantitative estimate of drug-likeness (QED) is 0.731. The van der Waals surface area contributed by atoms with Crippen LogP contribution >= 0.6 is 0 Å². The lowest BCUT2D eigenvalue weighted by atomic mass is 9.98. The van der Waals surface area contributed by atoms with Crippen LogP contribution in [0.4, 0.5) is 0 Å². The number of methoxy groups -OCH3 is 2. The van der Waals surface area contributed by atoms with Crippen molar-refractivity contribution in [3.63, 3.8) is 0 Å². The predicted molar refractivity (Wildman–Crippen MR) is 57.9 cm³/mol. The molecule has 1 aromatic carbocycles. The summed E-state index contributed by atoms with van der Waals surface area (Å²) in [6.07, 6.45) is 0.440. The average molecular weight is 222 g/mol. The lowest BCUT2D eigenvalue weighted by Crippen LogP contribution is -1.99. The molecular weight excluding hydrogens is 208 g/mol. The minimum atomic E-state index is -0.139.